The number of hydrogen-bond acceptors (Lipinski definition) is 3. The standard InChI is InChI=1S/C19H12FNO2/c20-17-6-2-5-16-18(22)14(11-23-19(16)17)9-12-3-1-4-13-10-21-8-7-15(12)13/h1-10H,11H2/b14-9-. The summed E-state index contributed by atoms with van der Waals surface area (Å²) in [6.07, 6.45) is 5.30. The molecule has 0 saturated carbocycles. The van der Waals surface area contributed by atoms with Crippen LogP contribution in [-0.2, 0) is 0 Å². The van der Waals surface area contributed by atoms with Gasteiger partial charge in [0, 0.05) is 23.4 Å². The number of carbonyl (C=O) groups excluding carboxylic acids is 1. The predicted octanol–water partition coefficient (Wildman–Crippen LogP) is 4.03. The highest BCUT2D eigenvalue weighted by molar-refractivity contribution is 6.14. The van der Waals surface area contributed by atoms with Crippen LogP contribution in [0.25, 0.3) is 16.8 Å². The molecule has 3 nitrogen and oxygen atoms in total. The molecule has 0 aliphatic carbocycles. The molecule has 1 aromatic heterocycles. The molecule has 0 radical (unpaired) electrons. The van der Waals surface area contributed by atoms with Crippen molar-refractivity contribution in [2.75, 3.05) is 6.61 Å². The second kappa shape index (κ2) is 5.32. The quantitative estimate of drug-likeness (QED) is 0.637. The molecule has 0 unspecified atom stereocenters. The van der Waals surface area contributed by atoms with Crippen LogP contribution in [0.3, 0.4) is 0 Å². The Kier molecular flexibility index (Phi) is 3.15. The van der Waals surface area contributed by atoms with Crippen LogP contribution < -0.4 is 4.74 Å². The molecule has 0 spiro atoms. The number of Topliss-reactive ketones (excluding diaryl/α,β-unsaturated/α-hetero) is 1. The van der Waals surface area contributed by atoms with Crippen LogP contribution >= 0.6 is 0 Å². The van der Waals surface area contributed by atoms with Crippen LogP contribution in [0.4, 0.5) is 4.39 Å². The van der Waals surface area contributed by atoms with E-state index in [4.69, 9.17) is 4.74 Å². The summed E-state index contributed by atoms with van der Waals surface area (Å²) < 4.78 is 19.1. The third kappa shape index (κ3) is 2.28. The Bertz CT molecular complexity index is 957. The number of ketones is 1. The molecule has 0 bridgehead atoms. The fourth-order valence-corrected chi connectivity index (χ4v) is 2.79. The number of rotatable bonds is 1. The molecule has 1 aliphatic rings. The second-order valence-electron chi connectivity index (χ2n) is 5.35. The minimum absolute atomic E-state index is 0.0387. The second-order valence-corrected chi connectivity index (χ2v) is 5.35. The van der Waals surface area contributed by atoms with E-state index in [1.54, 1.807) is 24.5 Å². The van der Waals surface area contributed by atoms with Crippen LogP contribution in [0, 0.1) is 5.82 Å². The Labute approximate surface area is 132 Å². The van der Waals surface area contributed by atoms with Crippen molar-refractivity contribution in [2.45, 2.75) is 0 Å². The van der Waals surface area contributed by atoms with E-state index in [0.717, 1.165) is 16.3 Å². The van der Waals surface area contributed by atoms with Gasteiger partial charge in [0.05, 0.1) is 5.56 Å². The van der Waals surface area contributed by atoms with E-state index in [0.29, 0.717) is 5.57 Å². The number of nitrogens with zero attached hydrogens (tertiary/aromatic N) is 1. The summed E-state index contributed by atoms with van der Waals surface area (Å²) in [7, 11) is 0. The third-order valence-electron chi connectivity index (χ3n) is 3.92. The molecule has 112 valence electrons. The van der Waals surface area contributed by atoms with Crippen molar-refractivity contribution in [2.24, 2.45) is 0 Å². The maximum atomic E-state index is 13.7. The van der Waals surface area contributed by atoms with Gasteiger partial charge in [0.1, 0.15) is 6.61 Å². The van der Waals surface area contributed by atoms with Gasteiger partial charge in [0.25, 0.3) is 0 Å². The molecule has 2 aromatic carbocycles. The molecule has 3 aromatic rings. The van der Waals surface area contributed by atoms with Gasteiger partial charge in [-0.05, 0) is 35.2 Å². The Hall–Kier alpha value is -3.01. The molecule has 23 heavy (non-hydrogen) atoms. The number of aromatic nitrogens is 1. The lowest BCUT2D eigenvalue weighted by atomic mass is 9.97. The number of fused-ring (bicyclic) bond motifs is 2. The Morgan fingerprint density at radius 1 is 1.13 bits per heavy atom. The highest BCUT2D eigenvalue weighted by Gasteiger charge is 2.25. The van der Waals surface area contributed by atoms with Crippen LogP contribution in [-0.4, -0.2) is 17.4 Å². The first-order chi connectivity index (χ1) is 11.2. The number of ether oxygens (including phenoxy) is 1. The monoisotopic (exact) mass is 305 g/mol. The van der Waals surface area contributed by atoms with Crippen LogP contribution in [0.5, 0.6) is 5.75 Å². The van der Waals surface area contributed by atoms with Crippen LogP contribution in [0.1, 0.15) is 15.9 Å². The van der Waals surface area contributed by atoms with Gasteiger partial charge >= 0.3 is 0 Å². The van der Waals surface area contributed by atoms with E-state index in [-0.39, 0.29) is 23.7 Å². The van der Waals surface area contributed by atoms with E-state index >= 15 is 0 Å². The zero-order chi connectivity index (χ0) is 15.8. The Balaban J connectivity index is 1.82. The van der Waals surface area contributed by atoms with E-state index < -0.39 is 5.82 Å². The van der Waals surface area contributed by atoms with Crippen molar-refractivity contribution in [3.8, 4) is 5.75 Å². The van der Waals surface area contributed by atoms with E-state index in [9.17, 15) is 9.18 Å². The molecule has 0 amide bonds. The summed E-state index contributed by atoms with van der Waals surface area (Å²) in [5, 5.41) is 2.00. The maximum Gasteiger partial charge on any atom is 0.196 e. The predicted molar refractivity (Wildman–Crippen MR) is 85.9 cm³/mol. The maximum absolute atomic E-state index is 13.7. The number of carbonyl (C=O) groups is 1. The minimum atomic E-state index is -0.508. The van der Waals surface area contributed by atoms with Crippen molar-refractivity contribution in [3.05, 3.63) is 77.4 Å². The number of pyridine rings is 1. The smallest absolute Gasteiger partial charge is 0.196 e. The SMILES string of the molecule is O=C1/C(=C\c2cccc3cnccc23)COc2c(F)cccc21. The summed E-state index contributed by atoms with van der Waals surface area (Å²) in [6.45, 7) is 0.0637. The number of benzene rings is 2. The fourth-order valence-electron chi connectivity index (χ4n) is 2.79. The van der Waals surface area contributed by atoms with Gasteiger partial charge in [0.2, 0.25) is 0 Å². The normalized spacial score (nSPS) is 15.5. The van der Waals surface area contributed by atoms with Crippen LogP contribution in [0.15, 0.2) is 60.4 Å². The molecule has 0 N–H and O–H groups in total. The fraction of sp³-hybridized carbons (Fsp3) is 0.0526. The van der Waals surface area contributed by atoms with Crippen molar-refractivity contribution >= 4 is 22.6 Å². The topological polar surface area (TPSA) is 39.2 Å². The highest BCUT2D eigenvalue weighted by Crippen LogP contribution is 2.31. The lowest BCUT2D eigenvalue weighted by Crippen LogP contribution is -2.19. The minimum Gasteiger partial charge on any atom is -0.485 e. The molecular weight excluding hydrogens is 293 g/mol. The summed E-state index contributed by atoms with van der Waals surface area (Å²) in [5.41, 5.74) is 1.69. The van der Waals surface area contributed by atoms with Gasteiger partial charge in [-0.1, -0.05) is 24.3 Å². The van der Waals surface area contributed by atoms with Crippen molar-refractivity contribution < 1.29 is 13.9 Å². The van der Waals surface area contributed by atoms with Crippen molar-refractivity contribution in [3.63, 3.8) is 0 Å². The van der Waals surface area contributed by atoms with E-state index in [1.165, 1.54) is 12.1 Å². The Morgan fingerprint density at radius 3 is 2.91 bits per heavy atom. The zero-order valence-electron chi connectivity index (χ0n) is 12.1. The zero-order valence-corrected chi connectivity index (χ0v) is 12.1. The highest BCUT2D eigenvalue weighted by atomic mass is 19.1. The van der Waals surface area contributed by atoms with E-state index in [1.807, 2.05) is 24.3 Å². The first kappa shape index (κ1) is 13.6. The molecule has 1 aliphatic heterocycles. The van der Waals surface area contributed by atoms with Gasteiger partial charge in [0.15, 0.2) is 17.3 Å². The van der Waals surface area contributed by atoms with E-state index in [2.05, 4.69) is 4.98 Å². The summed E-state index contributed by atoms with van der Waals surface area (Å²) in [5.74, 6) is -0.667. The summed E-state index contributed by atoms with van der Waals surface area (Å²) in [6, 6.07) is 12.1. The lowest BCUT2D eigenvalue weighted by molar-refractivity contribution is 0.0998. The first-order valence-electron chi connectivity index (χ1n) is 7.23. The third-order valence-corrected chi connectivity index (χ3v) is 3.92. The Morgan fingerprint density at radius 2 is 2.00 bits per heavy atom. The lowest BCUT2D eigenvalue weighted by Gasteiger charge is -2.19. The van der Waals surface area contributed by atoms with Crippen LogP contribution in [0.2, 0.25) is 0 Å². The molecule has 0 saturated heterocycles. The number of hydrogen-bond donors (Lipinski definition) is 0. The largest absolute Gasteiger partial charge is 0.485 e. The van der Waals surface area contributed by atoms with Gasteiger partial charge in [-0.3, -0.25) is 9.78 Å². The molecule has 4 rings (SSSR count). The average molecular weight is 305 g/mol. The summed E-state index contributed by atoms with van der Waals surface area (Å²) in [4.78, 5) is 16.7. The molecule has 2 heterocycles. The van der Waals surface area contributed by atoms with Crippen molar-refractivity contribution in [1.29, 1.82) is 0 Å². The van der Waals surface area contributed by atoms with Gasteiger partial charge in [-0.2, -0.15) is 0 Å². The van der Waals surface area contributed by atoms with Gasteiger partial charge < -0.3 is 4.74 Å². The molecule has 0 atom stereocenters. The number of para-hydroxylation sites is 1. The average Bonchev–Trinajstić information content (AvgIpc) is 2.58. The van der Waals surface area contributed by atoms with Gasteiger partial charge in [-0.15, -0.1) is 0 Å². The molecule has 4 heteroatoms. The molecule has 0 fully saturated rings. The first-order valence-corrected chi connectivity index (χ1v) is 7.23. The summed E-state index contributed by atoms with van der Waals surface area (Å²) >= 11 is 0. The molecular formula is C19H12FNO2. The van der Waals surface area contributed by atoms with Gasteiger partial charge in [-0.25, -0.2) is 4.39 Å². The van der Waals surface area contributed by atoms with Crippen molar-refractivity contribution in [1.82, 2.24) is 4.98 Å². The number of halogens is 1.